The van der Waals surface area contributed by atoms with Gasteiger partial charge in [0.25, 0.3) is 0 Å². The van der Waals surface area contributed by atoms with E-state index in [9.17, 15) is 4.79 Å². The van der Waals surface area contributed by atoms with Crippen molar-refractivity contribution < 1.29 is 9.63 Å². The Bertz CT molecular complexity index is 659. The van der Waals surface area contributed by atoms with Gasteiger partial charge in [-0.05, 0) is 35.9 Å². The second kappa shape index (κ2) is 7.78. The van der Waals surface area contributed by atoms with Crippen LogP contribution < -0.4 is 4.90 Å². The van der Waals surface area contributed by atoms with Crippen molar-refractivity contribution in [2.24, 2.45) is 5.16 Å². The second-order valence-corrected chi connectivity index (χ2v) is 4.84. The molecule has 0 atom stereocenters. The van der Waals surface area contributed by atoms with Crippen LogP contribution in [0.2, 0.25) is 0 Å². The molecule has 0 aliphatic rings. The third-order valence-corrected chi connectivity index (χ3v) is 2.99. The van der Waals surface area contributed by atoms with E-state index in [-0.39, 0.29) is 0 Å². The summed E-state index contributed by atoms with van der Waals surface area (Å²) in [7, 11) is 4.00. The first kappa shape index (κ1) is 15.5. The van der Waals surface area contributed by atoms with E-state index < -0.39 is 5.97 Å². The third-order valence-electron chi connectivity index (χ3n) is 2.99. The maximum atomic E-state index is 11.6. The first-order valence-electron chi connectivity index (χ1n) is 6.90. The number of allylic oxidation sites excluding steroid dienone is 1. The largest absolute Gasteiger partial charge is 0.378 e. The lowest BCUT2D eigenvalue weighted by atomic mass is 10.2. The van der Waals surface area contributed by atoms with Crippen molar-refractivity contribution in [2.45, 2.75) is 0 Å². The predicted octanol–water partition coefficient (Wildman–Crippen LogP) is 3.61. The fourth-order valence-corrected chi connectivity index (χ4v) is 1.78. The van der Waals surface area contributed by atoms with Gasteiger partial charge in [0.2, 0.25) is 0 Å². The van der Waals surface area contributed by atoms with E-state index in [1.807, 2.05) is 55.4 Å². The van der Waals surface area contributed by atoms with Crippen molar-refractivity contribution in [3.8, 4) is 0 Å². The van der Waals surface area contributed by atoms with Crippen molar-refractivity contribution in [1.82, 2.24) is 0 Å². The van der Waals surface area contributed by atoms with E-state index in [1.54, 1.807) is 30.3 Å². The lowest BCUT2D eigenvalue weighted by Crippen LogP contribution is -2.07. The lowest BCUT2D eigenvalue weighted by Gasteiger charge is -2.11. The van der Waals surface area contributed by atoms with Crippen LogP contribution in [0.15, 0.2) is 65.8 Å². The molecule has 0 N–H and O–H groups in total. The van der Waals surface area contributed by atoms with Crippen LogP contribution in [0, 0.1) is 0 Å². The fraction of sp³-hybridized carbons (Fsp3) is 0.111. The Morgan fingerprint density at radius 2 is 1.73 bits per heavy atom. The molecule has 0 fully saturated rings. The number of rotatable bonds is 5. The molecule has 0 bridgehead atoms. The van der Waals surface area contributed by atoms with E-state index in [4.69, 9.17) is 4.84 Å². The highest BCUT2D eigenvalue weighted by molar-refractivity contribution is 5.89. The molecule has 2 aromatic carbocycles. The number of hydrogen-bond acceptors (Lipinski definition) is 4. The van der Waals surface area contributed by atoms with E-state index in [2.05, 4.69) is 5.16 Å². The van der Waals surface area contributed by atoms with Gasteiger partial charge in [-0.1, -0.05) is 41.6 Å². The maximum absolute atomic E-state index is 11.6. The van der Waals surface area contributed by atoms with Gasteiger partial charge in [-0.15, -0.1) is 0 Å². The molecular formula is C18H18N2O2. The summed E-state index contributed by atoms with van der Waals surface area (Å²) in [6.45, 7) is 0. The number of nitrogens with zero attached hydrogens (tertiary/aromatic N) is 2. The van der Waals surface area contributed by atoms with E-state index in [0.29, 0.717) is 5.56 Å². The molecule has 0 amide bonds. The van der Waals surface area contributed by atoms with Gasteiger partial charge in [-0.3, -0.25) is 0 Å². The number of hydrogen-bond donors (Lipinski definition) is 0. The molecule has 0 spiro atoms. The van der Waals surface area contributed by atoms with E-state index in [1.165, 1.54) is 6.21 Å². The fourth-order valence-electron chi connectivity index (χ4n) is 1.78. The van der Waals surface area contributed by atoms with Gasteiger partial charge >= 0.3 is 5.97 Å². The topological polar surface area (TPSA) is 41.9 Å². The number of carbonyl (C=O) groups excluding carboxylic acids is 1. The minimum Gasteiger partial charge on any atom is -0.378 e. The summed E-state index contributed by atoms with van der Waals surface area (Å²) in [6, 6.07) is 16.8. The molecule has 4 heteroatoms. The molecular weight excluding hydrogens is 276 g/mol. The molecule has 0 unspecified atom stereocenters. The Kier molecular flexibility index (Phi) is 5.49. The first-order valence-corrected chi connectivity index (χ1v) is 6.90. The van der Waals surface area contributed by atoms with Gasteiger partial charge in [0.1, 0.15) is 0 Å². The summed E-state index contributed by atoms with van der Waals surface area (Å²) >= 11 is 0. The zero-order valence-electron chi connectivity index (χ0n) is 12.6. The summed E-state index contributed by atoms with van der Waals surface area (Å²) in [5, 5.41) is 3.64. The second-order valence-electron chi connectivity index (χ2n) is 4.84. The average Bonchev–Trinajstić information content (AvgIpc) is 2.55. The van der Waals surface area contributed by atoms with Crippen molar-refractivity contribution >= 4 is 23.9 Å². The summed E-state index contributed by atoms with van der Waals surface area (Å²) < 4.78 is 0. The molecule has 0 heterocycles. The van der Waals surface area contributed by atoms with Crippen molar-refractivity contribution in [3.63, 3.8) is 0 Å². The maximum Gasteiger partial charge on any atom is 0.365 e. The van der Waals surface area contributed by atoms with Gasteiger partial charge < -0.3 is 9.74 Å². The molecule has 0 aromatic heterocycles. The van der Waals surface area contributed by atoms with Gasteiger partial charge in [0.15, 0.2) is 0 Å². The molecule has 0 aliphatic heterocycles. The molecule has 112 valence electrons. The van der Waals surface area contributed by atoms with Crippen LogP contribution in [-0.2, 0) is 4.84 Å². The van der Waals surface area contributed by atoms with Crippen LogP contribution in [0.5, 0.6) is 0 Å². The standard InChI is InChI=1S/C18H18N2O2/c1-20(2)17-12-10-15(11-13-17)7-6-14-19-22-18(21)16-8-4-3-5-9-16/h3-14H,1-2H3/b7-6+,19-14+. The minimum absolute atomic E-state index is 0.472. The monoisotopic (exact) mass is 294 g/mol. The summed E-state index contributed by atoms with van der Waals surface area (Å²) in [5.74, 6) is -0.472. The quantitative estimate of drug-likeness (QED) is 0.480. The average molecular weight is 294 g/mol. The van der Waals surface area contributed by atoms with Crippen molar-refractivity contribution in [2.75, 3.05) is 19.0 Å². The zero-order valence-corrected chi connectivity index (χ0v) is 12.6. The molecule has 22 heavy (non-hydrogen) atoms. The Labute approximate surface area is 130 Å². The van der Waals surface area contributed by atoms with Crippen LogP contribution in [0.1, 0.15) is 15.9 Å². The van der Waals surface area contributed by atoms with Crippen LogP contribution in [-0.4, -0.2) is 26.3 Å². The van der Waals surface area contributed by atoms with Crippen molar-refractivity contribution in [3.05, 3.63) is 71.8 Å². The zero-order chi connectivity index (χ0) is 15.8. The van der Waals surface area contributed by atoms with E-state index in [0.717, 1.165) is 11.3 Å². The SMILES string of the molecule is CN(C)c1ccc(/C=C/C=N/OC(=O)c2ccccc2)cc1. The van der Waals surface area contributed by atoms with E-state index >= 15 is 0 Å². The molecule has 2 aromatic rings. The Balaban J connectivity index is 1.85. The number of carbonyl (C=O) groups is 1. The lowest BCUT2D eigenvalue weighted by molar-refractivity contribution is 0.0519. The minimum atomic E-state index is -0.472. The Morgan fingerprint density at radius 1 is 1.05 bits per heavy atom. The Morgan fingerprint density at radius 3 is 2.36 bits per heavy atom. The first-order chi connectivity index (χ1) is 10.7. The van der Waals surface area contributed by atoms with Crippen LogP contribution in [0.25, 0.3) is 6.08 Å². The smallest absolute Gasteiger partial charge is 0.365 e. The van der Waals surface area contributed by atoms with Crippen LogP contribution in [0.4, 0.5) is 5.69 Å². The van der Waals surface area contributed by atoms with Crippen LogP contribution in [0.3, 0.4) is 0 Å². The molecule has 0 radical (unpaired) electrons. The molecule has 0 aliphatic carbocycles. The number of anilines is 1. The summed E-state index contributed by atoms with van der Waals surface area (Å²) in [4.78, 5) is 18.4. The van der Waals surface area contributed by atoms with Gasteiger partial charge in [0.05, 0.1) is 11.8 Å². The predicted molar refractivity (Wildman–Crippen MR) is 90.2 cm³/mol. The van der Waals surface area contributed by atoms with Crippen LogP contribution >= 0.6 is 0 Å². The third kappa shape index (κ3) is 4.59. The molecule has 0 saturated carbocycles. The van der Waals surface area contributed by atoms with Gasteiger partial charge in [-0.25, -0.2) is 4.79 Å². The number of benzene rings is 2. The molecule has 2 rings (SSSR count). The highest BCUT2D eigenvalue weighted by Gasteiger charge is 2.03. The number of oxime groups is 1. The van der Waals surface area contributed by atoms with Crippen molar-refractivity contribution in [1.29, 1.82) is 0 Å². The Hall–Kier alpha value is -2.88. The highest BCUT2D eigenvalue weighted by atomic mass is 16.7. The van der Waals surface area contributed by atoms with Gasteiger partial charge in [-0.2, -0.15) is 0 Å². The summed E-state index contributed by atoms with van der Waals surface area (Å²) in [6.07, 6.45) is 5.06. The highest BCUT2D eigenvalue weighted by Crippen LogP contribution is 2.12. The molecule has 0 saturated heterocycles. The summed E-state index contributed by atoms with van der Waals surface area (Å²) in [5.41, 5.74) is 2.66. The normalized spacial score (nSPS) is 11.0. The molecule has 4 nitrogen and oxygen atoms in total. The van der Waals surface area contributed by atoms with Gasteiger partial charge in [0, 0.05) is 19.8 Å².